The fourth-order valence-electron chi connectivity index (χ4n) is 2.44. The zero-order valence-electron chi connectivity index (χ0n) is 13.3. The number of carbonyl (C=O) groups excluding carboxylic acids is 3. The molecule has 122 valence electrons. The lowest BCUT2D eigenvalue weighted by Crippen LogP contribution is -2.24. The highest BCUT2D eigenvalue weighted by Gasteiger charge is 2.32. The fourth-order valence-corrected chi connectivity index (χ4v) is 3.33. The van der Waals surface area contributed by atoms with Gasteiger partial charge in [0.15, 0.2) is 0 Å². The van der Waals surface area contributed by atoms with E-state index in [1.54, 1.807) is 18.2 Å². The maximum Gasteiger partial charge on any atom is 0.261 e. The summed E-state index contributed by atoms with van der Waals surface area (Å²) in [7, 11) is 1.45. The molecular formula is C18H16N2O3S. The van der Waals surface area contributed by atoms with E-state index in [0.29, 0.717) is 16.8 Å². The van der Waals surface area contributed by atoms with Crippen molar-refractivity contribution in [1.82, 2.24) is 4.90 Å². The average molecular weight is 340 g/mol. The predicted octanol–water partition coefficient (Wildman–Crippen LogP) is 3.03. The van der Waals surface area contributed by atoms with Crippen LogP contribution in [0.1, 0.15) is 27.6 Å². The Labute approximate surface area is 144 Å². The van der Waals surface area contributed by atoms with Crippen molar-refractivity contribution < 1.29 is 14.4 Å². The van der Waals surface area contributed by atoms with Crippen LogP contribution in [0.15, 0.2) is 53.4 Å². The third kappa shape index (κ3) is 3.05. The topological polar surface area (TPSA) is 66.5 Å². The van der Waals surface area contributed by atoms with Crippen LogP contribution in [0.25, 0.3) is 0 Å². The molecule has 0 fully saturated rings. The van der Waals surface area contributed by atoms with Crippen molar-refractivity contribution in [2.45, 2.75) is 17.1 Å². The summed E-state index contributed by atoms with van der Waals surface area (Å²) in [6, 6.07) is 14.4. The summed E-state index contributed by atoms with van der Waals surface area (Å²) in [4.78, 5) is 38.3. The number of hydrogen-bond donors (Lipinski definition) is 1. The van der Waals surface area contributed by atoms with Gasteiger partial charge in [-0.3, -0.25) is 19.3 Å². The zero-order chi connectivity index (χ0) is 17.3. The minimum atomic E-state index is -0.349. The SMILES string of the molecule is CC(Sc1ccccc1)C(=O)Nc1ccc2c(c1)C(=O)N(C)C2=O. The lowest BCUT2D eigenvalue weighted by Gasteiger charge is -2.12. The molecule has 3 amide bonds. The first-order chi connectivity index (χ1) is 11.5. The Morgan fingerprint density at radius 1 is 1.04 bits per heavy atom. The van der Waals surface area contributed by atoms with Gasteiger partial charge >= 0.3 is 0 Å². The third-order valence-corrected chi connectivity index (χ3v) is 4.89. The first-order valence-electron chi connectivity index (χ1n) is 7.46. The number of imide groups is 1. The molecule has 24 heavy (non-hydrogen) atoms. The summed E-state index contributed by atoms with van der Waals surface area (Å²) in [5.74, 6) is -0.826. The summed E-state index contributed by atoms with van der Waals surface area (Å²) >= 11 is 1.46. The quantitative estimate of drug-likeness (QED) is 0.686. The lowest BCUT2D eigenvalue weighted by molar-refractivity contribution is -0.115. The molecule has 0 radical (unpaired) electrons. The summed E-state index contributed by atoms with van der Waals surface area (Å²) in [5, 5.41) is 2.51. The summed E-state index contributed by atoms with van der Waals surface area (Å²) in [5.41, 5.74) is 1.20. The van der Waals surface area contributed by atoms with Crippen LogP contribution in [-0.2, 0) is 4.79 Å². The van der Waals surface area contributed by atoms with Crippen molar-refractivity contribution in [3.8, 4) is 0 Å². The number of anilines is 1. The van der Waals surface area contributed by atoms with E-state index in [-0.39, 0.29) is 23.0 Å². The minimum absolute atomic E-state index is 0.158. The standard InChI is InChI=1S/C18H16N2O3S/c1-11(24-13-6-4-3-5-7-13)16(21)19-12-8-9-14-15(10-12)18(23)20(2)17(14)22/h3-11H,1-2H3,(H,19,21). The molecular weight excluding hydrogens is 324 g/mol. The molecule has 1 N–H and O–H groups in total. The molecule has 0 bridgehead atoms. The number of hydrogen-bond acceptors (Lipinski definition) is 4. The van der Waals surface area contributed by atoms with Crippen LogP contribution in [-0.4, -0.2) is 34.9 Å². The second kappa shape index (κ2) is 6.49. The van der Waals surface area contributed by atoms with Crippen molar-refractivity contribution in [1.29, 1.82) is 0 Å². The number of amides is 3. The molecule has 0 aromatic heterocycles. The maximum absolute atomic E-state index is 12.3. The van der Waals surface area contributed by atoms with Crippen LogP contribution >= 0.6 is 11.8 Å². The highest BCUT2D eigenvalue weighted by molar-refractivity contribution is 8.00. The fraction of sp³-hybridized carbons (Fsp3) is 0.167. The van der Waals surface area contributed by atoms with E-state index in [1.807, 2.05) is 37.3 Å². The molecule has 2 aromatic rings. The first-order valence-corrected chi connectivity index (χ1v) is 8.34. The van der Waals surface area contributed by atoms with Gasteiger partial charge in [-0.05, 0) is 37.3 Å². The molecule has 5 nitrogen and oxygen atoms in total. The van der Waals surface area contributed by atoms with Gasteiger partial charge in [-0.2, -0.15) is 0 Å². The van der Waals surface area contributed by atoms with Crippen LogP contribution in [0.2, 0.25) is 0 Å². The van der Waals surface area contributed by atoms with Crippen LogP contribution < -0.4 is 5.32 Å². The van der Waals surface area contributed by atoms with Gasteiger partial charge in [0.1, 0.15) is 0 Å². The minimum Gasteiger partial charge on any atom is -0.325 e. The average Bonchev–Trinajstić information content (AvgIpc) is 2.80. The first kappa shape index (κ1) is 16.3. The van der Waals surface area contributed by atoms with Gasteiger partial charge in [-0.1, -0.05) is 18.2 Å². The molecule has 0 saturated heterocycles. The Kier molecular flexibility index (Phi) is 4.40. The van der Waals surface area contributed by atoms with Crippen molar-refractivity contribution in [3.63, 3.8) is 0 Å². The van der Waals surface area contributed by atoms with Gasteiger partial charge in [-0.25, -0.2) is 0 Å². The largest absolute Gasteiger partial charge is 0.325 e. The van der Waals surface area contributed by atoms with Crippen LogP contribution in [0.3, 0.4) is 0 Å². The van der Waals surface area contributed by atoms with Gasteiger partial charge in [0.05, 0.1) is 16.4 Å². The van der Waals surface area contributed by atoms with E-state index in [9.17, 15) is 14.4 Å². The second-order valence-electron chi connectivity index (χ2n) is 5.49. The predicted molar refractivity (Wildman–Crippen MR) is 93.3 cm³/mol. The van der Waals surface area contributed by atoms with Gasteiger partial charge in [0, 0.05) is 17.6 Å². The van der Waals surface area contributed by atoms with E-state index in [2.05, 4.69) is 5.32 Å². The number of nitrogens with zero attached hydrogens (tertiary/aromatic N) is 1. The molecule has 2 aromatic carbocycles. The van der Waals surface area contributed by atoms with Crippen molar-refractivity contribution in [3.05, 3.63) is 59.7 Å². The monoisotopic (exact) mass is 340 g/mol. The highest BCUT2D eigenvalue weighted by atomic mass is 32.2. The van der Waals surface area contributed by atoms with Gasteiger partial charge in [0.2, 0.25) is 5.91 Å². The molecule has 1 aliphatic heterocycles. The Balaban J connectivity index is 1.72. The zero-order valence-corrected chi connectivity index (χ0v) is 14.1. The smallest absolute Gasteiger partial charge is 0.261 e. The van der Waals surface area contributed by atoms with E-state index < -0.39 is 0 Å². The normalized spacial score (nSPS) is 14.5. The third-order valence-electron chi connectivity index (χ3n) is 3.78. The molecule has 6 heteroatoms. The van der Waals surface area contributed by atoms with E-state index in [0.717, 1.165) is 9.80 Å². The van der Waals surface area contributed by atoms with Crippen LogP contribution in [0.5, 0.6) is 0 Å². The van der Waals surface area contributed by atoms with Gasteiger partial charge < -0.3 is 5.32 Å². The lowest BCUT2D eigenvalue weighted by atomic mass is 10.1. The highest BCUT2D eigenvalue weighted by Crippen LogP contribution is 2.26. The number of benzene rings is 2. The van der Waals surface area contributed by atoms with E-state index in [4.69, 9.17) is 0 Å². The summed E-state index contributed by atoms with van der Waals surface area (Å²) in [6.45, 7) is 1.82. The molecule has 1 unspecified atom stereocenters. The van der Waals surface area contributed by atoms with E-state index >= 15 is 0 Å². The summed E-state index contributed by atoms with van der Waals surface area (Å²) < 4.78 is 0. The van der Waals surface area contributed by atoms with Crippen LogP contribution in [0.4, 0.5) is 5.69 Å². The van der Waals surface area contributed by atoms with Crippen molar-refractivity contribution >= 4 is 35.2 Å². The Morgan fingerprint density at radius 3 is 2.42 bits per heavy atom. The Morgan fingerprint density at radius 2 is 1.71 bits per heavy atom. The second-order valence-corrected chi connectivity index (χ2v) is 6.91. The number of rotatable bonds is 4. The summed E-state index contributed by atoms with van der Waals surface area (Å²) in [6.07, 6.45) is 0. The molecule has 1 atom stereocenters. The Bertz CT molecular complexity index is 820. The van der Waals surface area contributed by atoms with Gasteiger partial charge in [0.25, 0.3) is 11.8 Å². The molecule has 0 aliphatic carbocycles. The molecule has 1 heterocycles. The molecule has 1 aliphatic rings. The molecule has 0 saturated carbocycles. The molecule has 3 rings (SSSR count). The van der Waals surface area contributed by atoms with Crippen LogP contribution in [0, 0.1) is 0 Å². The van der Waals surface area contributed by atoms with Gasteiger partial charge in [-0.15, -0.1) is 11.8 Å². The Hall–Kier alpha value is -2.60. The maximum atomic E-state index is 12.3. The number of nitrogens with one attached hydrogen (secondary N) is 1. The molecule has 0 spiro atoms. The van der Waals surface area contributed by atoms with E-state index in [1.165, 1.54) is 18.8 Å². The number of thioether (sulfide) groups is 1. The number of fused-ring (bicyclic) bond motifs is 1. The van der Waals surface area contributed by atoms with Crippen molar-refractivity contribution in [2.75, 3.05) is 12.4 Å². The van der Waals surface area contributed by atoms with Crippen molar-refractivity contribution in [2.24, 2.45) is 0 Å². The number of carbonyl (C=O) groups is 3.